The van der Waals surface area contributed by atoms with Crippen molar-refractivity contribution in [2.24, 2.45) is 5.73 Å². The number of nitrogens with zero attached hydrogens (tertiary/aromatic N) is 9. The van der Waals surface area contributed by atoms with Gasteiger partial charge in [0.2, 0.25) is 0 Å². The van der Waals surface area contributed by atoms with Crippen LogP contribution in [0.1, 0.15) is 99.6 Å². The minimum atomic E-state index is -1.00. The maximum atomic E-state index is 14.8. The second-order valence-corrected chi connectivity index (χ2v) is 26.3. The largest absolute Gasteiger partial charge is 0.478 e. The van der Waals surface area contributed by atoms with Crippen LogP contribution in [0.25, 0.3) is 65.4 Å². The van der Waals surface area contributed by atoms with Crippen molar-refractivity contribution < 1.29 is 38.4 Å². The predicted molar refractivity (Wildman–Crippen MR) is 417 cm³/mol. The number of carboxylic acids is 1. The number of hydrogen-bond acceptors (Lipinski definition) is 13. The van der Waals surface area contributed by atoms with Gasteiger partial charge in [-0.1, -0.05) is 87.8 Å². The lowest BCUT2D eigenvalue weighted by Gasteiger charge is -2.09. The summed E-state index contributed by atoms with van der Waals surface area (Å²) in [6.45, 7) is 0.191. The van der Waals surface area contributed by atoms with Gasteiger partial charge in [-0.05, 0) is 126 Å². The molecular formula is C79H54Cl7F4N15O4. The molecule has 0 spiro atoms. The first-order chi connectivity index (χ1) is 52.6. The molecule has 6 aromatic carbocycles. The zero-order valence-corrected chi connectivity index (χ0v) is 61.6. The number of hydrogen-bond donors (Lipinski definition) is 7. The van der Waals surface area contributed by atoms with Crippen LogP contribution in [-0.2, 0) is 38.9 Å². The third kappa shape index (κ3) is 18.8. The Labute approximate surface area is 655 Å². The molecule has 15 rings (SSSR count). The highest BCUT2D eigenvalue weighted by molar-refractivity contribution is 6.36. The highest BCUT2D eigenvalue weighted by Gasteiger charge is 2.19. The summed E-state index contributed by atoms with van der Waals surface area (Å²) in [7, 11) is -1.00. The average molecular weight is 1600 g/mol. The Hall–Kier alpha value is -11.8. The number of nitrogens with two attached hydrogens (primary N) is 1. The molecule has 19 nitrogen and oxygen atoms in total. The van der Waals surface area contributed by atoms with Gasteiger partial charge in [-0.2, -0.15) is 15.8 Å². The number of aromatic amines is 3. The van der Waals surface area contributed by atoms with Crippen molar-refractivity contribution in [3.63, 3.8) is 0 Å². The van der Waals surface area contributed by atoms with Crippen molar-refractivity contribution in [2.75, 3.05) is 7.15 Å². The molecule has 15 aromatic rings. The Morgan fingerprint density at radius 1 is 0.477 bits per heavy atom. The molecule has 0 unspecified atom stereocenters. The van der Waals surface area contributed by atoms with Gasteiger partial charge in [0.25, 0.3) is 11.8 Å². The topological polar surface area (TPSA) is 318 Å². The van der Waals surface area contributed by atoms with E-state index in [2.05, 4.69) is 73.7 Å². The van der Waals surface area contributed by atoms with E-state index < -0.39 is 24.8 Å². The Balaban J connectivity index is 0.000000161. The number of carbonyl (C=O) groups is 3. The number of fused-ring (bicyclic) bond motifs is 6. The molecule has 2 amide bonds. The van der Waals surface area contributed by atoms with Crippen LogP contribution in [-0.4, -0.2) is 74.9 Å². The fourth-order valence-corrected chi connectivity index (χ4v) is 12.9. The SMILES string of the molecule is Cl.N#Cc1cc(Cc2cc(C(=O)NCc3ccc4[nH]cc(Cl)c4c3F)ccn2)cc2cc(Cl)cnc12.N#Cc1cc(Cc2cc(C(=O)NCc3ccc4[nH]cc(Cl)c4c3F)ccn2)cc2cc(Cl)cnc12.N#Cc1cc(Cc2cc(C(=O)O)ccn2)cc2cc(Cl)cnc12.NCc1ccc2[nH]cc(Cl)c2c1F.[2H]CF. The fourth-order valence-electron chi connectivity index (χ4n) is 11.7. The molecule has 0 saturated carbocycles. The average Bonchev–Trinajstić information content (AvgIpc) is 1.71. The van der Waals surface area contributed by atoms with Gasteiger partial charge < -0.3 is 36.4 Å². The van der Waals surface area contributed by atoms with Gasteiger partial charge >= 0.3 is 5.97 Å². The molecule has 0 aliphatic heterocycles. The van der Waals surface area contributed by atoms with Crippen LogP contribution >= 0.6 is 82.0 Å². The summed E-state index contributed by atoms with van der Waals surface area (Å²) >= 11 is 36.0. The summed E-state index contributed by atoms with van der Waals surface area (Å²) in [4.78, 5) is 70.8. The van der Waals surface area contributed by atoms with Crippen LogP contribution in [0.3, 0.4) is 0 Å². The molecule has 30 heteroatoms. The highest BCUT2D eigenvalue weighted by Crippen LogP contribution is 2.33. The zero-order chi connectivity index (χ0) is 77.6. The van der Waals surface area contributed by atoms with Crippen LogP contribution in [0.2, 0.25) is 30.1 Å². The summed E-state index contributed by atoms with van der Waals surface area (Å²) < 4.78 is 58.7. The molecule has 0 aliphatic rings. The maximum Gasteiger partial charge on any atom is 0.335 e. The summed E-state index contributed by atoms with van der Waals surface area (Å²) in [5, 5.41) is 48.6. The van der Waals surface area contributed by atoms with Gasteiger partial charge in [0.1, 0.15) is 35.7 Å². The number of carboxylic acid groups (broad SMARTS) is 1. The second-order valence-electron chi connectivity index (χ2n) is 23.7. The summed E-state index contributed by atoms with van der Waals surface area (Å²) in [6, 6.07) is 42.2. The van der Waals surface area contributed by atoms with Gasteiger partial charge in [0.15, 0.2) is 0 Å². The van der Waals surface area contributed by atoms with E-state index in [1.54, 1.807) is 116 Å². The number of aromatic nitrogens is 9. The van der Waals surface area contributed by atoms with Gasteiger partial charge in [-0.3, -0.25) is 43.9 Å². The summed E-state index contributed by atoms with van der Waals surface area (Å²) in [6.07, 6.45) is 14.9. The van der Waals surface area contributed by atoms with Crippen molar-refractivity contribution in [1.82, 2.24) is 55.5 Å². The van der Waals surface area contributed by atoms with Crippen LogP contribution in [0.4, 0.5) is 17.6 Å². The van der Waals surface area contributed by atoms with Gasteiger partial charge in [-0.25, -0.2) is 18.0 Å². The smallest absolute Gasteiger partial charge is 0.335 e. The molecular weight excluding hydrogens is 1550 g/mol. The van der Waals surface area contributed by atoms with Crippen LogP contribution in [0.5, 0.6) is 0 Å². The van der Waals surface area contributed by atoms with Crippen LogP contribution in [0, 0.1) is 51.4 Å². The number of rotatable bonds is 14. The molecule has 109 heavy (non-hydrogen) atoms. The third-order valence-corrected chi connectivity index (χ3v) is 18.2. The van der Waals surface area contributed by atoms with Gasteiger partial charge in [0.05, 0.1) is 93.6 Å². The van der Waals surface area contributed by atoms with Crippen molar-refractivity contribution >= 4 is 165 Å². The van der Waals surface area contributed by atoms with E-state index in [9.17, 15) is 47.7 Å². The highest BCUT2D eigenvalue weighted by atomic mass is 35.5. The van der Waals surface area contributed by atoms with E-state index in [0.717, 1.165) is 32.8 Å². The Morgan fingerprint density at radius 3 is 1.11 bits per heavy atom. The normalized spacial score (nSPS) is 10.8. The van der Waals surface area contributed by atoms with Crippen molar-refractivity contribution in [1.29, 1.82) is 15.8 Å². The molecule has 0 saturated heterocycles. The lowest BCUT2D eigenvalue weighted by molar-refractivity contribution is 0.0695. The quantitative estimate of drug-likeness (QED) is 0.0498. The lowest BCUT2D eigenvalue weighted by Crippen LogP contribution is -2.23. The first-order valence-corrected chi connectivity index (χ1v) is 34.3. The van der Waals surface area contributed by atoms with Crippen LogP contribution in [0.15, 0.2) is 183 Å². The Morgan fingerprint density at radius 2 is 0.789 bits per heavy atom. The second kappa shape index (κ2) is 36.2. The van der Waals surface area contributed by atoms with E-state index >= 15 is 0 Å². The first-order valence-electron chi connectivity index (χ1n) is 32.7. The number of benzene rings is 6. The number of amides is 2. The minimum absolute atomic E-state index is 0. The number of nitriles is 3. The lowest BCUT2D eigenvalue weighted by atomic mass is 10.0. The van der Waals surface area contributed by atoms with E-state index in [1.807, 2.05) is 18.2 Å². The minimum Gasteiger partial charge on any atom is -0.478 e. The van der Waals surface area contributed by atoms with Crippen molar-refractivity contribution in [2.45, 2.75) is 38.9 Å². The number of nitrogens with one attached hydrogen (secondary N) is 5. The molecule has 0 aliphatic carbocycles. The molecule has 0 bridgehead atoms. The van der Waals surface area contributed by atoms with Crippen molar-refractivity contribution in [3.05, 3.63) is 315 Å². The van der Waals surface area contributed by atoms with Gasteiger partial charge in [-0.15, -0.1) is 12.4 Å². The van der Waals surface area contributed by atoms with E-state index in [1.165, 1.54) is 49.3 Å². The maximum absolute atomic E-state index is 14.8. The molecule has 9 heterocycles. The van der Waals surface area contributed by atoms with Gasteiger partial charge in [0, 0.05) is 172 Å². The standard InChI is InChI=1S/2C26H16Cl2FN5O.C17H10ClN3O2.C9H8ClFN2.CH3F.ClH/c2*27-19-8-17-5-14(6-18(10-30)25(17)33-12-19)7-20-9-15(3-4-31-20)26(35)34-11-16-1-2-22-23(24(16)29)21(28)13-32-22;18-14-6-12-3-10(4-13(8-19)16(12)21-9-14)5-15-7-11(17(22)23)1-2-20-15;10-6-4-13-7-2-1-5(3-12)9(11)8(6)7;1-2;/h2*1-6,8-9,12-13,32H,7,11H2,(H,34,35);1-4,6-7,9H,5H2,(H,22,23);1-2,4,13H,3,12H2;1H3;1H/i;;;;1D;. The molecule has 0 atom stereocenters. The Kier molecular flexibility index (Phi) is 26.0. The number of H-pyrrole nitrogens is 3. The zero-order valence-electron chi connectivity index (χ0n) is 57.2. The number of aromatic carboxylic acids is 1. The van der Waals surface area contributed by atoms with E-state index in [4.69, 9.17) is 81.8 Å². The number of carbonyl (C=O) groups excluding carboxylic acids is 2. The molecule has 546 valence electrons. The first kappa shape index (κ1) is 78.3. The predicted octanol–water partition coefficient (Wildman–Crippen LogP) is 18.8. The van der Waals surface area contributed by atoms with Crippen molar-refractivity contribution in [3.8, 4) is 18.2 Å². The molecule has 0 fully saturated rings. The monoisotopic (exact) mass is 1600 g/mol. The van der Waals surface area contributed by atoms with Crippen LogP contribution < -0.4 is 16.4 Å². The fraction of sp³-hybridized carbons (Fsp3) is 0.0886. The summed E-state index contributed by atoms with van der Waals surface area (Å²) in [5.74, 6) is -2.99. The summed E-state index contributed by atoms with van der Waals surface area (Å²) in [5.41, 5.74) is 16.8. The molecule has 9 aromatic heterocycles. The number of halogens is 11. The van der Waals surface area contributed by atoms with E-state index in [0.29, 0.717) is 150 Å². The number of pyridine rings is 6. The molecule has 0 radical (unpaired) electrons. The molecule has 8 N–H and O–H groups in total. The Bertz CT molecular complexity index is 5920. The third-order valence-electron chi connectivity index (χ3n) is 16.7. The number of alkyl halides is 1. The van der Waals surface area contributed by atoms with E-state index in [-0.39, 0.29) is 65.3 Å².